The molecule has 1 aromatic carbocycles. The summed E-state index contributed by atoms with van der Waals surface area (Å²) in [5.41, 5.74) is 2.76. The van der Waals surface area contributed by atoms with Crippen LogP contribution in [0.4, 0.5) is 10.8 Å². The third-order valence-electron chi connectivity index (χ3n) is 3.07. The number of amides is 1. The molecule has 0 spiro atoms. The van der Waals surface area contributed by atoms with Crippen LogP contribution < -0.4 is 4.90 Å². The van der Waals surface area contributed by atoms with Gasteiger partial charge in [-0.3, -0.25) is 9.69 Å². The molecule has 0 saturated carbocycles. The van der Waals surface area contributed by atoms with E-state index in [0.29, 0.717) is 5.13 Å². The fourth-order valence-electron chi connectivity index (χ4n) is 2.03. The second-order valence-corrected chi connectivity index (χ2v) is 6.43. The Morgan fingerprint density at radius 1 is 1.10 bits per heavy atom. The van der Waals surface area contributed by atoms with E-state index in [0.717, 1.165) is 21.8 Å². The topological polar surface area (TPSA) is 33.2 Å². The second-order valence-electron chi connectivity index (χ2n) is 4.68. The smallest absolute Gasteiger partial charge is 0.267 e. The number of aryl methyl sites for hydroxylation is 2. The normalized spacial score (nSPS) is 10.6. The van der Waals surface area contributed by atoms with Crippen LogP contribution in [0.2, 0.25) is 0 Å². The summed E-state index contributed by atoms with van der Waals surface area (Å²) in [6.07, 6.45) is 0. The van der Waals surface area contributed by atoms with Crippen LogP contribution in [0.15, 0.2) is 47.2 Å². The van der Waals surface area contributed by atoms with Crippen LogP contribution >= 0.6 is 22.7 Å². The number of thiophene rings is 1. The largest absolute Gasteiger partial charge is 0.274 e. The highest BCUT2D eigenvalue weighted by molar-refractivity contribution is 7.14. The van der Waals surface area contributed by atoms with E-state index in [1.807, 2.05) is 61.0 Å². The van der Waals surface area contributed by atoms with Crippen LogP contribution in [0, 0.1) is 13.8 Å². The van der Waals surface area contributed by atoms with Crippen molar-refractivity contribution in [2.24, 2.45) is 0 Å². The molecule has 0 saturated heterocycles. The molecule has 2 heterocycles. The quantitative estimate of drug-likeness (QED) is 0.695. The molecule has 2 aromatic heterocycles. The lowest BCUT2D eigenvalue weighted by Crippen LogP contribution is -2.25. The van der Waals surface area contributed by atoms with Gasteiger partial charge in [-0.2, -0.15) is 0 Å². The van der Waals surface area contributed by atoms with Crippen molar-refractivity contribution in [3.63, 3.8) is 0 Å². The Balaban J connectivity index is 2.09. The molecule has 0 fully saturated rings. The maximum atomic E-state index is 12.9. The van der Waals surface area contributed by atoms with Gasteiger partial charge in [0.15, 0.2) is 5.13 Å². The van der Waals surface area contributed by atoms with Gasteiger partial charge < -0.3 is 0 Å². The van der Waals surface area contributed by atoms with Crippen molar-refractivity contribution in [3.05, 3.63) is 63.3 Å². The Labute approximate surface area is 131 Å². The van der Waals surface area contributed by atoms with Crippen LogP contribution in [0.25, 0.3) is 0 Å². The highest BCUT2D eigenvalue weighted by atomic mass is 32.1. The molecule has 0 aliphatic heterocycles. The van der Waals surface area contributed by atoms with E-state index in [-0.39, 0.29) is 5.91 Å². The number of benzene rings is 1. The molecule has 106 valence electrons. The van der Waals surface area contributed by atoms with Crippen LogP contribution in [-0.2, 0) is 0 Å². The first-order valence-corrected chi connectivity index (χ1v) is 8.28. The number of hydrogen-bond donors (Lipinski definition) is 0. The lowest BCUT2D eigenvalue weighted by atomic mass is 10.2. The predicted molar refractivity (Wildman–Crippen MR) is 88.8 cm³/mol. The van der Waals surface area contributed by atoms with Crippen LogP contribution in [0.5, 0.6) is 0 Å². The van der Waals surface area contributed by atoms with Crippen molar-refractivity contribution in [1.82, 2.24) is 4.98 Å². The molecule has 0 radical (unpaired) electrons. The molecular formula is C16H14N2OS2. The Bertz CT molecular complexity index is 761. The van der Waals surface area contributed by atoms with Crippen molar-refractivity contribution in [3.8, 4) is 0 Å². The van der Waals surface area contributed by atoms with Gasteiger partial charge in [0.05, 0.1) is 16.3 Å². The molecular weight excluding hydrogens is 300 g/mol. The average molecular weight is 314 g/mol. The van der Waals surface area contributed by atoms with Crippen LogP contribution in [0.1, 0.15) is 20.9 Å². The molecule has 3 nitrogen and oxygen atoms in total. The maximum Gasteiger partial charge on any atom is 0.274 e. The molecule has 1 amide bonds. The molecule has 5 heteroatoms. The minimum atomic E-state index is -0.0250. The molecule has 0 aliphatic rings. The number of aromatic nitrogens is 1. The fourth-order valence-corrected chi connectivity index (χ4v) is 3.70. The zero-order valence-corrected chi connectivity index (χ0v) is 13.4. The first kappa shape index (κ1) is 14.0. The van der Waals surface area contributed by atoms with Crippen molar-refractivity contribution in [2.45, 2.75) is 13.8 Å². The molecule has 21 heavy (non-hydrogen) atoms. The Morgan fingerprint density at radius 2 is 1.86 bits per heavy atom. The fraction of sp³-hybridized carbons (Fsp3) is 0.125. The van der Waals surface area contributed by atoms with Crippen LogP contribution in [-0.4, -0.2) is 10.9 Å². The van der Waals surface area contributed by atoms with Gasteiger partial charge in [0.25, 0.3) is 5.91 Å². The SMILES string of the molecule is Cc1csc(N(C(=O)c2sccc2C)c2ccccc2)n1. The number of hydrogen-bond acceptors (Lipinski definition) is 4. The Kier molecular flexibility index (Phi) is 3.86. The third kappa shape index (κ3) is 2.75. The summed E-state index contributed by atoms with van der Waals surface area (Å²) < 4.78 is 0. The van der Waals surface area contributed by atoms with Crippen molar-refractivity contribution in [1.29, 1.82) is 0 Å². The van der Waals surface area contributed by atoms with Gasteiger partial charge in [-0.05, 0) is 43.0 Å². The molecule has 0 aliphatic carbocycles. The zero-order valence-electron chi connectivity index (χ0n) is 11.7. The highest BCUT2D eigenvalue weighted by Crippen LogP contribution is 2.31. The number of nitrogens with zero attached hydrogens (tertiary/aromatic N) is 2. The highest BCUT2D eigenvalue weighted by Gasteiger charge is 2.24. The lowest BCUT2D eigenvalue weighted by Gasteiger charge is -2.19. The summed E-state index contributed by atoms with van der Waals surface area (Å²) in [6.45, 7) is 3.89. The summed E-state index contributed by atoms with van der Waals surface area (Å²) in [7, 11) is 0. The van der Waals surface area contributed by atoms with Gasteiger partial charge in [-0.1, -0.05) is 18.2 Å². The van der Waals surface area contributed by atoms with E-state index in [9.17, 15) is 4.79 Å². The minimum absolute atomic E-state index is 0.0250. The number of para-hydroxylation sites is 1. The summed E-state index contributed by atoms with van der Waals surface area (Å²) in [6, 6.07) is 11.6. The minimum Gasteiger partial charge on any atom is -0.267 e. The first-order chi connectivity index (χ1) is 10.2. The number of rotatable bonds is 3. The summed E-state index contributed by atoms with van der Waals surface area (Å²) in [5, 5.41) is 4.61. The molecule has 3 rings (SSSR count). The van der Waals surface area contributed by atoms with Crippen LogP contribution in [0.3, 0.4) is 0 Å². The molecule has 0 bridgehead atoms. The van der Waals surface area contributed by atoms with Gasteiger partial charge in [-0.15, -0.1) is 22.7 Å². The summed E-state index contributed by atoms with van der Waals surface area (Å²) >= 11 is 2.95. The van der Waals surface area contributed by atoms with Gasteiger partial charge in [0, 0.05) is 5.38 Å². The maximum absolute atomic E-state index is 12.9. The molecule has 0 atom stereocenters. The van der Waals surface area contributed by atoms with Gasteiger partial charge in [0.2, 0.25) is 0 Å². The van der Waals surface area contributed by atoms with E-state index in [1.165, 1.54) is 22.7 Å². The van der Waals surface area contributed by atoms with Crippen molar-refractivity contribution < 1.29 is 4.79 Å². The summed E-state index contributed by atoms with van der Waals surface area (Å²) in [5.74, 6) is -0.0250. The van der Waals surface area contributed by atoms with E-state index < -0.39 is 0 Å². The van der Waals surface area contributed by atoms with Gasteiger partial charge >= 0.3 is 0 Å². The second kappa shape index (κ2) is 5.79. The Hall–Kier alpha value is -1.98. The number of anilines is 2. The standard InChI is InChI=1S/C16H14N2OS2/c1-11-8-9-20-14(11)15(19)18(13-6-4-3-5-7-13)16-17-12(2)10-21-16/h3-10H,1-2H3. The predicted octanol–water partition coefficient (Wildman–Crippen LogP) is 4.80. The molecule has 0 unspecified atom stereocenters. The number of carbonyl (C=O) groups excluding carboxylic acids is 1. The average Bonchev–Trinajstić information content (AvgIpc) is 3.09. The Morgan fingerprint density at radius 3 is 2.43 bits per heavy atom. The van der Waals surface area contributed by atoms with Crippen molar-refractivity contribution >= 4 is 39.4 Å². The first-order valence-electron chi connectivity index (χ1n) is 6.52. The number of carbonyl (C=O) groups is 1. The molecule has 3 aromatic rings. The number of thiazole rings is 1. The van der Waals surface area contributed by atoms with E-state index >= 15 is 0 Å². The third-order valence-corrected chi connectivity index (χ3v) is 5.02. The van der Waals surface area contributed by atoms with E-state index in [2.05, 4.69) is 4.98 Å². The van der Waals surface area contributed by atoms with E-state index in [4.69, 9.17) is 0 Å². The lowest BCUT2D eigenvalue weighted by molar-refractivity contribution is 0.100. The zero-order chi connectivity index (χ0) is 14.8. The molecule has 0 N–H and O–H groups in total. The summed E-state index contributed by atoms with van der Waals surface area (Å²) in [4.78, 5) is 19.9. The van der Waals surface area contributed by atoms with E-state index in [1.54, 1.807) is 4.90 Å². The van der Waals surface area contributed by atoms with Crippen molar-refractivity contribution in [2.75, 3.05) is 4.90 Å². The monoisotopic (exact) mass is 314 g/mol. The van der Waals surface area contributed by atoms with Gasteiger partial charge in [0.1, 0.15) is 0 Å². The van der Waals surface area contributed by atoms with Gasteiger partial charge in [-0.25, -0.2) is 4.98 Å².